The summed E-state index contributed by atoms with van der Waals surface area (Å²) in [6.45, 7) is 19.3. The van der Waals surface area contributed by atoms with Gasteiger partial charge in [0.25, 0.3) is 0 Å². The van der Waals surface area contributed by atoms with Crippen LogP contribution in [0, 0.1) is 12.3 Å². The average Bonchev–Trinajstić information content (AvgIpc) is 3.20. The van der Waals surface area contributed by atoms with E-state index >= 15 is 0 Å². The molecular weight excluding hydrogens is 775 g/mol. The average molecular weight is 851 g/mol. The zero-order valence-electron chi connectivity index (χ0n) is 34.9. The monoisotopic (exact) mass is 850 g/mol. The molecule has 0 aliphatic rings. The van der Waals surface area contributed by atoms with Crippen LogP contribution in [-0.2, 0) is 84.9 Å². The molecule has 0 saturated heterocycles. The van der Waals surface area contributed by atoms with Gasteiger partial charge in [-0.15, -0.1) is 6.42 Å². The van der Waals surface area contributed by atoms with Crippen LogP contribution in [-0.4, -0.2) is 231 Å². The Morgan fingerprint density at radius 1 is 0.333 bits per heavy atom. The van der Waals surface area contributed by atoms with E-state index in [0.29, 0.717) is 224 Å². The molecule has 1 unspecified atom stereocenters. The smallest absolute Gasteiger partial charge is 0.202 e. The van der Waals surface area contributed by atoms with Gasteiger partial charge >= 0.3 is 0 Å². The highest BCUT2D eigenvalue weighted by molar-refractivity contribution is 7.58. The predicted molar refractivity (Wildman–Crippen MR) is 212 cm³/mol. The summed E-state index contributed by atoms with van der Waals surface area (Å²) < 4.78 is 104. The summed E-state index contributed by atoms with van der Waals surface area (Å²) in [4.78, 5) is 0. The maximum absolute atomic E-state index is 11.9. The van der Waals surface area contributed by atoms with Gasteiger partial charge in [-0.05, 0) is 6.92 Å². The minimum atomic E-state index is -2.53. The molecule has 1 atom stereocenters. The predicted octanol–water partition coefficient (Wildman–Crippen LogP) is 1.83. The molecule has 19 heteroatoms. The second-order valence-electron chi connectivity index (χ2n) is 11.6. The van der Waals surface area contributed by atoms with E-state index in [-0.39, 0.29) is 0 Å². The van der Waals surface area contributed by atoms with Gasteiger partial charge in [0.2, 0.25) is 7.37 Å². The van der Waals surface area contributed by atoms with Crippen molar-refractivity contribution in [2.45, 2.75) is 6.92 Å². The van der Waals surface area contributed by atoms with Crippen molar-refractivity contribution >= 4 is 7.37 Å². The Labute approximate surface area is 342 Å². The topological polar surface area (TPSA) is 174 Å². The number of ether oxygens (including phenoxy) is 16. The zero-order valence-corrected chi connectivity index (χ0v) is 35.8. The molecule has 0 aliphatic carbocycles. The molecule has 0 aromatic carbocycles. The van der Waals surface area contributed by atoms with E-state index in [0.717, 1.165) is 0 Å². The van der Waals surface area contributed by atoms with E-state index in [1.807, 2.05) is 6.92 Å². The van der Waals surface area contributed by atoms with Crippen molar-refractivity contribution in [1.82, 2.24) is 0 Å². The molecule has 0 radical (unpaired) electrons. The van der Waals surface area contributed by atoms with Gasteiger partial charge in [0.05, 0.1) is 211 Å². The number of hydrogen-bond acceptors (Lipinski definition) is 18. The van der Waals surface area contributed by atoms with Crippen LogP contribution in [0.25, 0.3) is 0 Å². The fraction of sp³-hybridized carbons (Fsp3) is 0.947. The molecule has 0 bridgehead atoms. The molecule has 0 aromatic heterocycles. The minimum absolute atomic E-state index is 0.302. The van der Waals surface area contributed by atoms with E-state index in [1.165, 1.54) is 0 Å². The minimum Gasteiger partial charge on any atom is -0.378 e. The third kappa shape index (κ3) is 51.2. The van der Waals surface area contributed by atoms with Crippen LogP contribution in [0.3, 0.4) is 0 Å². The zero-order chi connectivity index (χ0) is 41.3. The molecule has 18 nitrogen and oxygen atoms in total. The van der Waals surface area contributed by atoms with Gasteiger partial charge < -0.3 is 80.3 Å². The first-order valence-corrected chi connectivity index (χ1v) is 22.3. The molecule has 0 amide bonds. The Bertz CT molecular complexity index is 855. The molecule has 57 heavy (non-hydrogen) atoms. The van der Waals surface area contributed by atoms with Crippen LogP contribution in [0.15, 0.2) is 0 Å². The lowest BCUT2D eigenvalue weighted by atomic mass is 10.6. The third-order valence-electron chi connectivity index (χ3n) is 6.81. The lowest BCUT2D eigenvalue weighted by Crippen LogP contribution is -2.16. The molecule has 0 aromatic rings. The molecule has 0 aliphatic heterocycles. The van der Waals surface area contributed by atoms with Crippen LogP contribution >= 0.6 is 7.37 Å². The molecule has 340 valence electrons. The van der Waals surface area contributed by atoms with Crippen molar-refractivity contribution in [2.24, 2.45) is 0 Å². The van der Waals surface area contributed by atoms with Crippen molar-refractivity contribution in [2.75, 3.05) is 231 Å². The largest absolute Gasteiger partial charge is 0.378 e. The van der Waals surface area contributed by atoms with Crippen molar-refractivity contribution in [1.29, 1.82) is 0 Å². The van der Waals surface area contributed by atoms with E-state index in [4.69, 9.17) is 86.7 Å². The maximum atomic E-state index is 11.9. The lowest BCUT2D eigenvalue weighted by molar-refractivity contribution is -0.0302. The summed E-state index contributed by atoms with van der Waals surface area (Å²) in [5.41, 5.74) is 0. The first-order chi connectivity index (χ1) is 28.1. The quantitative estimate of drug-likeness (QED) is 0.0492. The molecule has 0 fully saturated rings. The number of rotatable bonds is 51. The number of hydrogen-bond donors (Lipinski definition) is 0. The Morgan fingerprint density at radius 3 is 0.684 bits per heavy atom. The summed E-state index contributed by atoms with van der Waals surface area (Å²) in [7, 11) is -2.53. The first-order valence-electron chi connectivity index (χ1n) is 20.0. The third-order valence-corrected chi connectivity index (χ3v) is 8.61. The second-order valence-corrected chi connectivity index (χ2v) is 14.3. The Morgan fingerprint density at radius 2 is 0.509 bits per heavy atom. The molecule has 0 saturated carbocycles. The Hall–Kier alpha value is -0.890. The van der Waals surface area contributed by atoms with Crippen LogP contribution in [0.5, 0.6) is 0 Å². The van der Waals surface area contributed by atoms with E-state index < -0.39 is 7.37 Å². The standard InChI is InChI=1S/C38H75O18P/c1-4-6-40-7-8-41-9-10-42-11-12-43-13-14-44-15-16-45-17-18-46-19-20-47-21-22-48-23-24-49-25-26-50-27-28-51-29-30-52-31-32-53-33-34-54-35-36-55-37-38-57(3,39)56-5-2/h1H,5-38H2,2-3H3. The first kappa shape index (κ1) is 56.1. The maximum Gasteiger partial charge on any atom is 0.202 e. The van der Waals surface area contributed by atoms with Gasteiger partial charge in [-0.25, -0.2) is 0 Å². The van der Waals surface area contributed by atoms with Crippen LogP contribution in [0.4, 0.5) is 0 Å². The lowest BCUT2D eigenvalue weighted by Gasteiger charge is -2.12. The van der Waals surface area contributed by atoms with Crippen molar-refractivity contribution in [3.8, 4) is 12.3 Å². The van der Waals surface area contributed by atoms with Gasteiger partial charge in [0, 0.05) is 12.8 Å². The second kappa shape index (κ2) is 49.5. The summed E-state index contributed by atoms with van der Waals surface area (Å²) in [6.07, 6.45) is 5.50. The Kier molecular flexibility index (Phi) is 48.7. The SMILES string of the molecule is C#CCOCCOCCOCCOCCOCCOCCOCCOCCOCCOCCOCCOCCOCCOCCOCCOCCP(C)(=O)OCC. The van der Waals surface area contributed by atoms with Crippen molar-refractivity contribution in [3.63, 3.8) is 0 Å². The van der Waals surface area contributed by atoms with Gasteiger partial charge in [0.1, 0.15) is 6.61 Å². The normalized spacial score (nSPS) is 12.6. The van der Waals surface area contributed by atoms with E-state index in [1.54, 1.807) is 6.66 Å². The highest BCUT2D eigenvalue weighted by Crippen LogP contribution is 2.41. The van der Waals surface area contributed by atoms with Crippen molar-refractivity contribution in [3.05, 3.63) is 0 Å². The summed E-state index contributed by atoms with van der Waals surface area (Å²) in [5.74, 6) is 2.40. The van der Waals surface area contributed by atoms with Gasteiger partial charge in [-0.3, -0.25) is 4.57 Å². The van der Waals surface area contributed by atoms with Crippen molar-refractivity contribution < 1.29 is 84.9 Å². The Balaban J connectivity index is 3.09. The summed E-state index contributed by atoms with van der Waals surface area (Å²) in [6, 6.07) is 0. The summed E-state index contributed by atoms with van der Waals surface area (Å²) >= 11 is 0. The van der Waals surface area contributed by atoms with Gasteiger partial charge in [-0.2, -0.15) is 0 Å². The van der Waals surface area contributed by atoms with E-state index in [9.17, 15) is 4.57 Å². The molecule has 0 N–H and O–H groups in total. The molecular formula is C38H75O18P. The fourth-order valence-corrected chi connectivity index (χ4v) is 5.13. The molecule has 0 heterocycles. The van der Waals surface area contributed by atoms with Crippen LogP contribution in [0.2, 0.25) is 0 Å². The van der Waals surface area contributed by atoms with Gasteiger partial charge in [0.15, 0.2) is 0 Å². The van der Waals surface area contributed by atoms with Crippen LogP contribution in [0.1, 0.15) is 6.92 Å². The molecule has 0 rings (SSSR count). The summed E-state index contributed by atoms with van der Waals surface area (Å²) in [5, 5.41) is 0. The highest BCUT2D eigenvalue weighted by atomic mass is 31.2. The fourth-order valence-electron chi connectivity index (χ4n) is 4.00. The van der Waals surface area contributed by atoms with Gasteiger partial charge in [-0.1, -0.05) is 5.92 Å². The van der Waals surface area contributed by atoms with Crippen LogP contribution < -0.4 is 0 Å². The number of terminal acetylenes is 1. The molecule has 0 spiro atoms. The highest BCUT2D eigenvalue weighted by Gasteiger charge is 2.14. The van der Waals surface area contributed by atoms with E-state index in [2.05, 4.69) is 5.92 Å².